The van der Waals surface area contributed by atoms with E-state index in [4.69, 9.17) is 17.3 Å². The van der Waals surface area contributed by atoms with Crippen LogP contribution >= 0.6 is 11.6 Å². The van der Waals surface area contributed by atoms with E-state index < -0.39 is 11.7 Å². The molecule has 11 heteroatoms. The van der Waals surface area contributed by atoms with Crippen LogP contribution in [0.5, 0.6) is 0 Å². The molecule has 3 aromatic heterocycles. The highest BCUT2D eigenvalue weighted by atomic mass is 35.5. The second-order valence-electron chi connectivity index (χ2n) is 7.61. The van der Waals surface area contributed by atoms with Crippen LogP contribution in [0.25, 0.3) is 10.9 Å². The van der Waals surface area contributed by atoms with Crippen molar-refractivity contribution in [2.24, 2.45) is 0 Å². The van der Waals surface area contributed by atoms with Gasteiger partial charge in [0.2, 0.25) is 0 Å². The zero-order valence-corrected chi connectivity index (χ0v) is 18.6. The number of nitrogens with zero attached hydrogens (tertiary/aromatic N) is 5. The molecule has 0 atom stereocenters. The zero-order valence-electron chi connectivity index (χ0n) is 17.8. The highest BCUT2D eigenvalue weighted by Gasteiger charge is 2.30. The number of pyridine rings is 2. The number of alkyl halides is 3. The second kappa shape index (κ2) is 9.22. The summed E-state index contributed by atoms with van der Waals surface area (Å²) in [5, 5.41) is 1.07. The Kier molecular flexibility index (Phi) is 6.34. The number of hydrogen-bond acceptors (Lipinski definition) is 6. The maximum atomic E-state index is 13.4. The molecular weight excluding hydrogens is 469 g/mol. The first kappa shape index (κ1) is 23.4. The monoisotopic (exact) mass is 486 g/mol. The fourth-order valence-corrected chi connectivity index (χ4v) is 3.38. The average Bonchev–Trinajstić information content (AvgIpc) is 2.80. The number of nitrogen functional groups attached to an aromatic ring is 1. The smallest absolute Gasteiger partial charge is 0.383 e. The lowest BCUT2D eigenvalue weighted by Crippen LogP contribution is -2.31. The van der Waals surface area contributed by atoms with E-state index in [9.17, 15) is 18.0 Å². The summed E-state index contributed by atoms with van der Waals surface area (Å²) in [6.45, 7) is 1.76. The molecule has 0 bridgehead atoms. The Bertz CT molecular complexity index is 1340. The van der Waals surface area contributed by atoms with Crippen molar-refractivity contribution in [3.63, 3.8) is 0 Å². The minimum atomic E-state index is -4.50. The van der Waals surface area contributed by atoms with Crippen LogP contribution in [0.3, 0.4) is 0 Å². The van der Waals surface area contributed by atoms with Crippen molar-refractivity contribution in [1.29, 1.82) is 0 Å². The summed E-state index contributed by atoms with van der Waals surface area (Å²) in [5.41, 5.74) is 7.05. The minimum Gasteiger partial charge on any atom is -0.383 e. The van der Waals surface area contributed by atoms with Gasteiger partial charge >= 0.3 is 6.18 Å². The molecule has 0 fully saturated rings. The maximum absolute atomic E-state index is 13.4. The first-order chi connectivity index (χ1) is 16.1. The van der Waals surface area contributed by atoms with Crippen molar-refractivity contribution in [1.82, 2.24) is 24.8 Å². The Morgan fingerprint density at radius 1 is 1.03 bits per heavy atom. The van der Waals surface area contributed by atoms with Gasteiger partial charge in [0.15, 0.2) is 0 Å². The number of carbonyl (C=O) groups is 1. The third-order valence-electron chi connectivity index (χ3n) is 5.09. The normalized spacial score (nSPS) is 11.6. The van der Waals surface area contributed by atoms with E-state index in [1.165, 1.54) is 23.4 Å². The predicted molar refractivity (Wildman–Crippen MR) is 121 cm³/mol. The van der Waals surface area contributed by atoms with E-state index in [1.54, 1.807) is 18.2 Å². The van der Waals surface area contributed by atoms with E-state index in [1.807, 2.05) is 13.0 Å². The van der Waals surface area contributed by atoms with Gasteiger partial charge in [0.1, 0.15) is 11.6 Å². The van der Waals surface area contributed by atoms with Crippen molar-refractivity contribution >= 4 is 34.2 Å². The van der Waals surface area contributed by atoms with Gasteiger partial charge in [0.25, 0.3) is 5.91 Å². The molecule has 34 heavy (non-hydrogen) atoms. The molecule has 0 saturated carbocycles. The summed E-state index contributed by atoms with van der Waals surface area (Å²) in [6, 6.07) is 8.99. The predicted octanol–water partition coefficient (Wildman–Crippen LogP) is 4.83. The van der Waals surface area contributed by atoms with E-state index in [0.717, 1.165) is 23.2 Å². The third kappa shape index (κ3) is 5.23. The summed E-state index contributed by atoms with van der Waals surface area (Å²) in [7, 11) is 0. The van der Waals surface area contributed by atoms with E-state index in [-0.39, 0.29) is 24.7 Å². The fourth-order valence-electron chi connectivity index (χ4n) is 3.28. The Hall–Kier alpha value is -3.79. The number of anilines is 1. The molecule has 0 aliphatic carbocycles. The van der Waals surface area contributed by atoms with Crippen LogP contribution in [0, 0.1) is 6.92 Å². The van der Waals surface area contributed by atoms with Crippen molar-refractivity contribution in [3.05, 3.63) is 88.2 Å². The molecule has 1 amide bonds. The number of amides is 1. The quantitative estimate of drug-likeness (QED) is 0.434. The van der Waals surface area contributed by atoms with Crippen LogP contribution in [-0.4, -0.2) is 30.7 Å². The van der Waals surface area contributed by atoms with Crippen LogP contribution in [0.4, 0.5) is 19.0 Å². The number of fused-ring (bicyclic) bond motifs is 1. The van der Waals surface area contributed by atoms with Gasteiger partial charge in [-0.2, -0.15) is 13.2 Å². The number of nitrogens with two attached hydrogens (primary N) is 1. The average molecular weight is 487 g/mol. The SMILES string of the molecule is Cc1cc2cc(C(=O)N(Cc3ccc(C(F)(F)F)cn3)Cc3ncc(Cl)cn3)ccc2nc1N. The number of halogens is 4. The Labute approximate surface area is 197 Å². The van der Waals surface area contributed by atoms with Crippen LogP contribution in [0.1, 0.15) is 33.0 Å². The Morgan fingerprint density at radius 2 is 1.76 bits per heavy atom. The van der Waals surface area contributed by atoms with Gasteiger partial charge in [-0.1, -0.05) is 11.6 Å². The number of rotatable bonds is 5. The van der Waals surface area contributed by atoms with Gasteiger partial charge in [0, 0.05) is 29.5 Å². The van der Waals surface area contributed by atoms with E-state index >= 15 is 0 Å². The van der Waals surface area contributed by atoms with Crippen molar-refractivity contribution in [2.45, 2.75) is 26.2 Å². The van der Waals surface area contributed by atoms with Gasteiger partial charge in [-0.05, 0) is 48.9 Å². The maximum Gasteiger partial charge on any atom is 0.417 e. The molecule has 3 heterocycles. The van der Waals surface area contributed by atoms with Gasteiger partial charge in [-0.25, -0.2) is 15.0 Å². The fraction of sp³-hybridized carbons (Fsp3) is 0.174. The molecule has 0 saturated heterocycles. The first-order valence-corrected chi connectivity index (χ1v) is 10.4. The molecule has 0 radical (unpaired) electrons. The summed E-state index contributed by atoms with van der Waals surface area (Å²) >= 11 is 5.85. The minimum absolute atomic E-state index is 0.00421. The molecule has 4 rings (SSSR count). The lowest BCUT2D eigenvalue weighted by Gasteiger charge is -2.22. The molecule has 7 nitrogen and oxygen atoms in total. The van der Waals surface area contributed by atoms with Crippen molar-refractivity contribution in [3.8, 4) is 0 Å². The summed E-state index contributed by atoms with van der Waals surface area (Å²) in [6.07, 6.45) is -0.958. The molecule has 0 aliphatic heterocycles. The van der Waals surface area contributed by atoms with Gasteiger partial charge < -0.3 is 10.6 Å². The molecule has 4 aromatic rings. The number of hydrogen-bond donors (Lipinski definition) is 1. The Morgan fingerprint density at radius 3 is 2.41 bits per heavy atom. The standard InChI is InChI=1S/C23H18ClF3N6O/c1-13-6-15-7-14(2-5-19(15)32-21(13)28)22(34)33(12-20-30-9-17(24)10-31-20)11-18-4-3-16(8-29-18)23(25,26)27/h2-10H,11-12H2,1H3,(H2,28,32). The zero-order chi connectivity index (χ0) is 24.5. The number of aryl methyl sites for hydroxylation is 1. The molecule has 0 unspecified atom stereocenters. The molecule has 1 aromatic carbocycles. The molecule has 0 aliphatic rings. The van der Waals surface area contributed by atoms with E-state index in [2.05, 4.69) is 19.9 Å². The van der Waals surface area contributed by atoms with Crippen LogP contribution < -0.4 is 5.73 Å². The summed E-state index contributed by atoms with van der Waals surface area (Å²) in [5.74, 6) is 0.342. The lowest BCUT2D eigenvalue weighted by molar-refractivity contribution is -0.137. The molecular formula is C23H18ClF3N6O. The lowest BCUT2D eigenvalue weighted by atomic mass is 10.1. The topological polar surface area (TPSA) is 97.9 Å². The van der Waals surface area contributed by atoms with Crippen LogP contribution in [-0.2, 0) is 19.3 Å². The van der Waals surface area contributed by atoms with E-state index in [0.29, 0.717) is 27.7 Å². The summed E-state index contributed by atoms with van der Waals surface area (Å²) < 4.78 is 38.7. The van der Waals surface area contributed by atoms with Crippen LogP contribution in [0.15, 0.2) is 55.0 Å². The molecule has 2 N–H and O–H groups in total. The van der Waals surface area contributed by atoms with Crippen molar-refractivity contribution < 1.29 is 18.0 Å². The van der Waals surface area contributed by atoms with Crippen molar-refractivity contribution in [2.75, 3.05) is 5.73 Å². The second-order valence-corrected chi connectivity index (χ2v) is 8.05. The number of benzene rings is 1. The highest BCUT2D eigenvalue weighted by molar-refractivity contribution is 6.30. The summed E-state index contributed by atoms with van der Waals surface area (Å²) in [4.78, 5) is 31.3. The van der Waals surface area contributed by atoms with Gasteiger partial charge in [-0.3, -0.25) is 9.78 Å². The highest BCUT2D eigenvalue weighted by Crippen LogP contribution is 2.28. The largest absolute Gasteiger partial charge is 0.417 e. The van der Waals surface area contributed by atoms with Gasteiger partial charge in [-0.15, -0.1) is 0 Å². The van der Waals surface area contributed by atoms with Gasteiger partial charge in [0.05, 0.1) is 34.9 Å². The number of aromatic nitrogens is 4. The Balaban J connectivity index is 1.66. The number of carbonyl (C=O) groups excluding carboxylic acids is 1. The molecule has 174 valence electrons. The molecule has 0 spiro atoms. The third-order valence-corrected chi connectivity index (χ3v) is 5.28. The van der Waals surface area contributed by atoms with Crippen LogP contribution in [0.2, 0.25) is 5.02 Å². The first-order valence-electron chi connectivity index (χ1n) is 10.0.